The first-order valence-corrected chi connectivity index (χ1v) is 10.4. The van der Waals surface area contributed by atoms with Crippen LogP contribution in [0.3, 0.4) is 0 Å². The van der Waals surface area contributed by atoms with Crippen molar-refractivity contribution in [3.05, 3.63) is 46.6 Å². The Morgan fingerprint density at radius 3 is 1.62 bits per heavy atom. The van der Waals surface area contributed by atoms with Crippen molar-refractivity contribution < 1.29 is 5.11 Å². The molecule has 138 valence electrons. The zero-order valence-corrected chi connectivity index (χ0v) is 17.3. The molecule has 0 spiro atoms. The third-order valence-electron chi connectivity index (χ3n) is 3.94. The summed E-state index contributed by atoms with van der Waals surface area (Å²) in [4.78, 5) is 0. The minimum atomic E-state index is 0.280. The second-order valence-corrected chi connectivity index (χ2v) is 8.00. The van der Waals surface area contributed by atoms with Gasteiger partial charge in [0.1, 0.15) is 0 Å². The first kappa shape index (κ1) is 23.3. The van der Waals surface area contributed by atoms with Crippen LogP contribution in [0, 0.1) is 0 Å². The summed E-state index contributed by atoms with van der Waals surface area (Å²) >= 11 is 1.79. The second-order valence-electron chi connectivity index (χ2n) is 6.85. The number of rotatable bonds is 13. The Balaban J connectivity index is 3.92. The molecule has 0 atom stereocenters. The van der Waals surface area contributed by atoms with Crippen molar-refractivity contribution in [2.24, 2.45) is 0 Å². The molecule has 0 saturated carbocycles. The van der Waals surface area contributed by atoms with Crippen molar-refractivity contribution in [2.75, 3.05) is 18.1 Å². The maximum atomic E-state index is 8.75. The lowest BCUT2D eigenvalue weighted by molar-refractivity contribution is 0.322. The van der Waals surface area contributed by atoms with E-state index in [1.165, 1.54) is 41.6 Å². The highest BCUT2D eigenvalue weighted by Crippen LogP contribution is 2.14. The molecule has 0 heterocycles. The summed E-state index contributed by atoms with van der Waals surface area (Å²) in [6.07, 6.45) is 16.4. The molecule has 24 heavy (non-hydrogen) atoms. The topological polar surface area (TPSA) is 20.2 Å². The molecule has 1 nitrogen and oxygen atoms in total. The zero-order chi connectivity index (χ0) is 18.2. The molecule has 0 aromatic rings. The largest absolute Gasteiger partial charge is 0.396 e. The highest BCUT2D eigenvalue weighted by molar-refractivity contribution is 7.99. The third kappa shape index (κ3) is 16.1. The first-order valence-electron chi connectivity index (χ1n) is 9.24. The quantitative estimate of drug-likeness (QED) is 0.289. The fourth-order valence-corrected chi connectivity index (χ4v) is 3.03. The molecule has 0 radical (unpaired) electrons. The van der Waals surface area contributed by atoms with E-state index in [9.17, 15) is 0 Å². The molecule has 0 aliphatic heterocycles. The van der Waals surface area contributed by atoms with Crippen molar-refractivity contribution in [1.82, 2.24) is 0 Å². The van der Waals surface area contributed by atoms with E-state index in [1.54, 1.807) is 11.8 Å². The van der Waals surface area contributed by atoms with Crippen LogP contribution in [0.1, 0.15) is 73.1 Å². The van der Waals surface area contributed by atoms with Gasteiger partial charge in [-0.3, -0.25) is 0 Å². The van der Waals surface area contributed by atoms with E-state index < -0.39 is 0 Å². The Bertz CT molecular complexity index is 437. The van der Waals surface area contributed by atoms with Crippen molar-refractivity contribution in [1.29, 1.82) is 0 Å². The van der Waals surface area contributed by atoms with Gasteiger partial charge in [0.2, 0.25) is 0 Å². The number of allylic oxidation sites excluding steroid dienone is 7. The summed E-state index contributed by atoms with van der Waals surface area (Å²) in [6, 6.07) is 0. The molecule has 0 aliphatic rings. The SMILES string of the molecule is CC(C)=CCC/C(C)=C/CC/C(C)=C/CC/C(C)=C/CSCCO. The van der Waals surface area contributed by atoms with Gasteiger partial charge < -0.3 is 5.11 Å². The van der Waals surface area contributed by atoms with Crippen LogP contribution in [0.2, 0.25) is 0 Å². The fourth-order valence-electron chi connectivity index (χ4n) is 2.34. The van der Waals surface area contributed by atoms with Gasteiger partial charge in [-0.1, -0.05) is 46.6 Å². The normalized spacial score (nSPS) is 13.3. The van der Waals surface area contributed by atoms with E-state index in [0.29, 0.717) is 0 Å². The third-order valence-corrected chi connectivity index (χ3v) is 4.81. The number of thioether (sulfide) groups is 1. The lowest BCUT2D eigenvalue weighted by atomic mass is 10.0. The summed E-state index contributed by atoms with van der Waals surface area (Å²) < 4.78 is 0. The highest BCUT2D eigenvalue weighted by atomic mass is 32.2. The van der Waals surface area contributed by atoms with Crippen molar-refractivity contribution in [2.45, 2.75) is 73.1 Å². The Morgan fingerprint density at radius 2 is 1.17 bits per heavy atom. The van der Waals surface area contributed by atoms with Gasteiger partial charge in [0, 0.05) is 11.5 Å². The van der Waals surface area contributed by atoms with Crippen LogP contribution in [0.25, 0.3) is 0 Å². The predicted octanol–water partition coefficient (Wildman–Crippen LogP) is 6.86. The molecule has 0 bridgehead atoms. The monoisotopic (exact) mass is 350 g/mol. The van der Waals surface area contributed by atoms with Gasteiger partial charge in [-0.15, -0.1) is 0 Å². The number of hydrogen-bond donors (Lipinski definition) is 1. The molecule has 2 heteroatoms. The Labute approximate surface area is 155 Å². The van der Waals surface area contributed by atoms with Crippen LogP contribution in [-0.2, 0) is 0 Å². The fraction of sp³-hybridized carbons (Fsp3) is 0.636. The molecule has 0 aliphatic carbocycles. The molecular weight excluding hydrogens is 312 g/mol. The summed E-state index contributed by atoms with van der Waals surface area (Å²) in [5.74, 6) is 1.86. The Kier molecular flexibility index (Phi) is 15.3. The van der Waals surface area contributed by atoms with Crippen molar-refractivity contribution in [3.8, 4) is 0 Å². The number of aliphatic hydroxyl groups excluding tert-OH is 1. The van der Waals surface area contributed by atoms with E-state index >= 15 is 0 Å². The molecule has 0 saturated heterocycles. The smallest absolute Gasteiger partial charge is 0.0521 e. The van der Waals surface area contributed by atoms with Crippen LogP contribution in [0.15, 0.2) is 46.6 Å². The van der Waals surface area contributed by atoms with E-state index in [1.807, 2.05) is 0 Å². The predicted molar refractivity (Wildman–Crippen MR) is 113 cm³/mol. The molecule has 0 aromatic carbocycles. The Morgan fingerprint density at radius 1 is 0.708 bits per heavy atom. The van der Waals surface area contributed by atoms with Gasteiger partial charge >= 0.3 is 0 Å². The summed E-state index contributed by atoms with van der Waals surface area (Å²) in [7, 11) is 0. The molecule has 0 fully saturated rings. The van der Waals surface area contributed by atoms with Crippen molar-refractivity contribution in [3.63, 3.8) is 0 Å². The zero-order valence-electron chi connectivity index (χ0n) is 16.5. The van der Waals surface area contributed by atoms with E-state index in [4.69, 9.17) is 5.11 Å². The van der Waals surface area contributed by atoms with Gasteiger partial charge in [0.15, 0.2) is 0 Å². The molecule has 0 amide bonds. The standard InChI is InChI=1S/C22H38OS/c1-19(2)9-6-10-20(3)11-7-12-21(4)13-8-14-22(5)15-17-24-18-16-23/h9,11,13,15,23H,6-8,10,12,14,16-18H2,1-5H3/b20-11+,21-13+,22-15+. The highest BCUT2D eigenvalue weighted by Gasteiger charge is 1.94. The maximum Gasteiger partial charge on any atom is 0.0521 e. The molecule has 0 rings (SSSR count). The Hall–Kier alpha value is -0.730. The van der Waals surface area contributed by atoms with E-state index in [-0.39, 0.29) is 6.61 Å². The summed E-state index contributed by atoms with van der Waals surface area (Å²) in [6.45, 7) is 11.3. The van der Waals surface area contributed by atoms with Crippen LogP contribution in [0.5, 0.6) is 0 Å². The minimum absolute atomic E-state index is 0.280. The average Bonchev–Trinajstić information content (AvgIpc) is 2.51. The second kappa shape index (κ2) is 15.8. The maximum absolute atomic E-state index is 8.75. The van der Waals surface area contributed by atoms with Gasteiger partial charge in [-0.2, -0.15) is 11.8 Å². The lowest BCUT2D eigenvalue weighted by Crippen LogP contribution is -1.87. The first-order chi connectivity index (χ1) is 11.5. The number of hydrogen-bond acceptors (Lipinski definition) is 2. The lowest BCUT2D eigenvalue weighted by Gasteiger charge is -2.03. The summed E-state index contributed by atoms with van der Waals surface area (Å²) in [5.41, 5.74) is 5.89. The molecule has 0 unspecified atom stereocenters. The van der Waals surface area contributed by atoms with Crippen molar-refractivity contribution >= 4 is 11.8 Å². The average molecular weight is 351 g/mol. The molecule has 0 aromatic heterocycles. The van der Waals surface area contributed by atoms with Crippen LogP contribution >= 0.6 is 11.8 Å². The van der Waals surface area contributed by atoms with Gasteiger partial charge in [0.25, 0.3) is 0 Å². The van der Waals surface area contributed by atoms with Crippen LogP contribution in [0.4, 0.5) is 0 Å². The number of aliphatic hydroxyl groups is 1. The van der Waals surface area contributed by atoms with Gasteiger partial charge in [0.05, 0.1) is 6.61 Å². The minimum Gasteiger partial charge on any atom is -0.396 e. The molecular formula is C22H38OS. The molecule has 1 N–H and O–H groups in total. The van der Waals surface area contributed by atoms with E-state index in [0.717, 1.165) is 30.8 Å². The van der Waals surface area contributed by atoms with Crippen LogP contribution in [-0.4, -0.2) is 23.2 Å². The van der Waals surface area contributed by atoms with Gasteiger partial charge in [-0.05, 0) is 73.1 Å². The van der Waals surface area contributed by atoms with E-state index in [2.05, 4.69) is 58.9 Å². The van der Waals surface area contributed by atoms with Crippen LogP contribution < -0.4 is 0 Å². The summed E-state index contributed by atoms with van der Waals surface area (Å²) in [5, 5.41) is 8.75. The van der Waals surface area contributed by atoms with Gasteiger partial charge in [-0.25, -0.2) is 0 Å².